The molecule has 0 saturated heterocycles. The number of hydrogen-bond donors (Lipinski definition) is 4. The van der Waals surface area contributed by atoms with Gasteiger partial charge in [-0.2, -0.15) is 0 Å². The normalized spacial score (nSPS) is 22.7. The molecule has 26 heavy (non-hydrogen) atoms. The van der Waals surface area contributed by atoms with E-state index < -0.39 is 30.5 Å². The average molecular weight is 430 g/mol. The maximum absolute atomic E-state index is 12.9. The van der Waals surface area contributed by atoms with Gasteiger partial charge in [0.2, 0.25) is 10.0 Å². The molecule has 0 aliphatic carbocycles. The number of fused-ring (bicyclic) bond motifs is 1. The fraction of sp³-hybridized carbons (Fsp3) is 0.692. The number of sulfone groups is 1. The zero-order chi connectivity index (χ0) is 19.7. The van der Waals surface area contributed by atoms with Gasteiger partial charge >= 0.3 is 0 Å². The van der Waals surface area contributed by atoms with Crippen molar-refractivity contribution in [3.63, 3.8) is 0 Å². The van der Waals surface area contributed by atoms with Crippen LogP contribution >= 0.6 is 11.3 Å². The Kier molecular flexibility index (Phi) is 6.80. The second-order valence-electron chi connectivity index (χ2n) is 6.49. The Morgan fingerprint density at radius 3 is 2.65 bits per heavy atom. The molecule has 0 bridgehead atoms. The molecule has 1 aliphatic heterocycles. The predicted octanol–water partition coefficient (Wildman–Crippen LogP) is 0.630. The Morgan fingerprint density at radius 1 is 1.46 bits per heavy atom. The van der Waals surface area contributed by atoms with Crippen LogP contribution in [0.5, 0.6) is 0 Å². The highest BCUT2D eigenvalue weighted by atomic mass is 32.3. The van der Waals surface area contributed by atoms with Gasteiger partial charge in [-0.25, -0.2) is 22.0 Å². The highest BCUT2D eigenvalue weighted by molar-refractivity contribution is 7.95. The summed E-state index contributed by atoms with van der Waals surface area (Å²) in [6, 6.07) is 0.966. The lowest BCUT2D eigenvalue weighted by molar-refractivity contribution is -0.492. The molecule has 2 rings (SSSR count). The Balaban J connectivity index is 2.38. The maximum atomic E-state index is 12.9. The third kappa shape index (κ3) is 4.99. The molecule has 0 aromatic carbocycles. The van der Waals surface area contributed by atoms with E-state index in [-0.39, 0.29) is 33.9 Å². The number of nitrogens with zero attached hydrogens (tertiary/aromatic N) is 1. The Morgan fingerprint density at radius 2 is 2.12 bits per heavy atom. The highest BCUT2D eigenvalue weighted by Gasteiger charge is 2.41. The van der Waals surface area contributed by atoms with E-state index in [1.165, 1.54) is 6.07 Å². The first-order valence-electron chi connectivity index (χ1n) is 7.87. The summed E-state index contributed by atoms with van der Waals surface area (Å²) in [6.07, 6.45) is 0.227. The second kappa shape index (κ2) is 8.16. The van der Waals surface area contributed by atoms with Crippen LogP contribution in [-0.2, 0) is 24.7 Å². The van der Waals surface area contributed by atoms with Crippen molar-refractivity contribution in [2.45, 2.75) is 46.4 Å². The van der Waals surface area contributed by atoms with E-state index in [1.807, 2.05) is 13.8 Å². The number of primary sulfonamides is 1. The van der Waals surface area contributed by atoms with Crippen LogP contribution in [0.1, 0.15) is 38.3 Å². The molecule has 2 heterocycles. The molecule has 0 amide bonds. The lowest BCUT2D eigenvalue weighted by Gasteiger charge is -2.30. The molecule has 5 N–H and O–H groups in total. The van der Waals surface area contributed by atoms with Crippen molar-refractivity contribution in [2.75, 3.05) is 13.2 Å². The Hall–Kier alpha value is -0.640. The maximum Gasteiger partial charge on any atom is 0.247 e. The molecule has 1 aromatic heterocycles. The van der Waals surface area contributed by atoms with E-state index in [0.29, 0.717) is 29.4 Å². The number of hydrogen-bond acceptors (Lipinski definition) is 10. The molecule has 1 aliphatic rings. The minimum Gasteiger partial charge on any atom is -0.310 e. The first-order chi connectivity index (χ1) is 11.9. The van der Waals surface area contributed by atoms with Crippen LogP contribution in [0.4, 0.5) is 0 Å². The molecule has 2 atom stereocenters. The van der Waals surface area contributed by atoms with Crippen molar-refractivity contribution >= 4 is 31.2 Å². The summed E-state index contributed by atoms with van der Waals surface area (Å²) in [5, 5.41) is 24.3. The van der Waals surface area contributed by atoms with E-state index in [2.05, 4.69) is 10.2 Å². The molecule has 0 radical (unpaired) electrons. The van der Waals surface area contributed by atoms with Crippen LogP contribution < -0.4 is 10.5 Å². The van der Waals surface area contributed by atoms with Crippen molar-refractivity contribution in [3.05, 3.63) is 11.6 Å². The Bertz CT molecular complexity index is 833. The third-order valence-corrected chi connectivity index (χ3v) is 9.34. The zero-order valence-corrected chi connectivity index (χ0v) is 16.8. The van der Waals surface area contributed by atoms with Crippen LogP contribution in [-0.4, -0.2) is 51.0 Å². The molecule has 150 valence electrons. The standard InChI is InChI=1S/C13H23N3O7S3/c1-8(2)7-15-11-5-9(3-4-23-16(17)18)25(19,20)13-10(11)6-12(24-13)26(14,21)22/h6,8-9,11,15,17-18H,3-5,7H2,1-2H3,(H2,14,21,22). The van der Waals surface area contributed by atoms with Gasteiger partial charge in [-0.1, -0.05) is 13.8 Å². The molecule has 0 saturated carbocycles. The van der Waals surface area contributed by atoms with E-state index in [4.69, 9.17) is 15.6 Å². The summed E-state index contributed by atoms with van der Waals surface area (Å²) in [5.74, 6) is 0.312. The lowest BCUT2D eigenvalue weighted by atomic mass is 10.0. The summed E-state index contributed by atoms with van der Waals surface area (Å²) >= 11 is 0.640. The van der Waals surface area contributed by atoms with Gasteiger partial charge in [0.1, 0.15) is 8.42 Å². The molecule has 10 nitrogen and oxygen atoms in total. The monoisotopic (exact) mass is 429 g/mol. The van der Waals surface area contributed by atoms with E-state index in [0.717, 1.165) is 0 Å². The minimum atomic E-state index is -4.02. The average Bonchev–Trinajstić information content (AvgIpc) is 2.94. The minimum absolute atomic E-state index is 0.0157. The first-order valence-corrected chi connectivity index (χ1v) is 11.8. The van der Waals surface area contributed by atoms with Gasteiger partial charge in [-0.15, -0.1) is 11.3 Å². The summed E-state index contributed by atoms with van der Waals surface area (Å²) in [7, 11) is -7.81. The number of sulfonamides is 1. The summed E-state index contributed by atoms with van der Waals surface area (Å²) in [6.45, 7) is 4.39. The van der Waals surface area contributed by atoms with Gasteiger partial charge in [-0.05, 0) is 31.4 Å². The molecular weight excluding hydrogens is 406 g/mol. The highest BCUT2D eigenvalue weighted by Crippen LogP contribution is 2.43. The molecule has 0 spiro atoms. The van der Waals surface area contributed by atoms with Gasteiger partial charge in [0.25, 0.3) is 0 Å². The molecular formula is C13H23N3O7S3. The van der Waals surface area contributed by atoms with Crippen LogP contribution in [0.25, 0.3) is 0 Å². The fourth-order valence-electron chi connectivity index (χ4n) is 2.75. The van der Waals surface area contributed by atoms with Crippen molar-refractivity contribution < 1.29 is 32.1 Å². The fourth-order valence-corrected chi connectivity index (χ4v) is 7.43. The number of rotatable bonds is 8. The molecule has 2 unspecified atom stereocenters. The smallest absolute Gasteiger partial charge is 0.247 e. The number of nitrogens with two attached hydrogens (primary N) is 1. The van der Waals surface area contributed by atoms with Crippen molar-refractivity contribution in [2.24, 2.45) is 11.1 Å². The van der Waals surface area contributed by atoms with E-state index in [9.17, 15) is 16.8 Å². The van der Waals surface area contributed by atoms with Gasteiger partial charge in [0.15, 0.2) is 9.84 Å². The van der Waals surface area contributed by atoms with E-state index in [1.54, 1.807) is 0 Å². The van der Waals surface area contributed by atoms with Gasteiger partial charge in [0.05, 0.1) is 17.2 Å². The largest absolute Gasteiger partial charge is 0.310 e. The topological polar surface area (TPSA) is 159 Å². The molecule has 13 heteroatoms. The SMILES string of the molecule is CC(C)CNC1CC(CCON(O)O)S(=O)(=O)c2sc(S(N)(=O)=O)cc21. The van der Waals surface area contributed by atoms with Crippen molar-refractivity contribution in [3.8, 4) is 0 Å². The van der Waals surface area contributed by atoms with Crippen LogP contribution in [0, 0.1) is 5.92 Å². The molecule has 0 fully saturated rings. The number of thiophene rings is 1. The lowest BCUT2D eigenvalue weighted by Crippen LogP contribution is -2.37. The van der Waals surface area contributed by atoms with Gasteiger partial charge in [-0.3, -0.25) is 15.3 Å². The molecule has 1 aromatic rings. The third-order valence-electron chi connectivity index (χ3n) is 3.97. The Labute approximate surface area is 156 Å². The van der Waals surface area contributed by atoms with E-state index >= 15 is 0 Å². The van der Waals surface area contributed by atoms with Gasteiger partial charge in [0, 0.05) is 11.6 Å². The first kappa shape index (κ1) is 21.7. The second-order valence-corrected chi connectivity index (χ2v) is 11.7. The summed E-state index contributed by atoms with van der Waals surface area (Å²) in [5.41, 5.74) is 0.405. The zero-order valence-electron chi connectivity index (χ0n) is 14.3. The van der Waals surface area contributed by atoms with Crippen LogP contribution in [0.15, 0.2) is 14.5 Å². The van der Waals surface area contributed by atoms with Crippen LogP contribution in [0.2, 0.25) is 0 Å². The quantitative estimate of drug-likeness (QED) is 0.435. The van der Waals surface area contributed by atoms with Crippen molar-refractivity contribution in [1.29, 1.82) is 0 Å². The summed E-state index contributed by atoms with van der Waals surface area (Å²) < 4.78 is 48.8. The van der Waals surface area contributed by atoms with Gasteiger partial charge < -0.3 is 5.32 Å². The number of nitrogens with one attached hydrogen (secondary N) is 1. The van der Waals surface area contributed by atoms with Crippen molar-refractivity contribution in [1.82, 2.24) is 10.7 Å². The van der Waals surface area contributed by atoms with Crippen LogP contribution in [0.3, 0.4) is 0 Å². The summed E-state index contributed by atoms with van der Waals surface area (Å²) in [4.78, 5) is 4.47. The predicted molar refractivity (Wildman–Crippen MR) is 92.8 cm³/mol.